The van der Waals surface area contributed by atoms with Gasteiger partial charge in [0.2, 0.25) is 0 Å². The summed E-state index contributed by atoms with van der Waals surface area (Å²) in [5.41, 5.74) is 8.80. The molecule has 1 rings (SSSR count). The van der Waals surface area contributed by atoms with Crippen LogP contribution in [-0.2, 0) is 4.74 Å². The molecule has 17 heavy (non-hydrogen) atoms. The first kappa shape index (κ1) is 14.2. The van der Waals surface area contributed by atoms with Crippen LogP contribution in [0.2, 0.25) is 0 Å². The molecule has 0 heterocycles. The maximum atomic E-state index is 6.07. The van der Waals surface area contributed by atoms with E-state index >= 15 is 0 Å². The Morgan fingerprint density at radius 1 is 1.18 bits per heavy atom. The van der Waals surface area contributed by atoms with E-state index in [1.165, 1.54) is 5.56 Å². The number of benzene rings is 1. The molecule has 0 amide bonds. The summed E-state index contributed by atoms with van der Waals surface area (Å²) in [6, 6.07) is 8.31. The zero-order valence-electron chi connectivity index (χ0n) is 11.5. The molecule has 0 saturated carbocycles. The predicted molar refractivity (Wildman–Crippen MR) is 73.0 cm³/mol. The maximum Gasteiger partial charge on any atom is 0.0659 e. The van der Waals surface area contributed by atoms with Crippen LogP contribution in [0.15, 0.2) is 24.3 Å². The van der Waals surface area contributed by atoms with Gasteiger partial charge in [-0.25, -0.2) is 0 Å². The lowest BCUT2D eigenvalue weighted by molar-refractivity contribution is 0.0974. The number of ether oxygens (including phenoxy) is 1. The van der Waals surface area contributed by atoms with E-state index in [4.69, 9.17) is 10.5 Å². The third-order valence-corrected chi connectivity index (χ3v) is 2.80. The highest BCUT2D eigenvalue weighted by molar-refractivity contribution is 5.23. The second kappa shape index (κ2) is 6.18. The zero-order valence-corrected chi connectivity index (χ0v) is 11.5. The Balaban J connectivity index is 2.30. The molecule has 0 fully saturated rings. The minimum atomic E-state index is -0.0180. The van der Waals surface area contributed by atoms with Crippen LogP contribution in [0.4, 0.5) is 0 Å². The SMILES string of the molecule is Cc1ccc(C(N)COCCC(C)(C)C)cc1. The lowest BCUT2D eigenvalue weighted by Crippen LogP contribution is -2.19. The number of aryl methyl sites for hydroxylation is 1. The van der Waals surface area contributed by atoms with Crippen molar-refractivity contribution in [1.29, 1.82) is 0 Å². The summed E-state index contributed by atoms with van der Waals surface area (Å²) in [5.74, 6) is 0. The molecule has 0 aromatic heterocycles. The molecule has 1 unspecified atom stereocenters. The van der Waals surface area contributed by atoms with E-state index in [2.05, 4.69) is 52.0 Å². The Hall–Kier alpha value is -0.860. The molecule has 0 aliphatic carbocycles. The normalized spacial score (nSPS) is 13.7. The van der Waals surface area contributed by atoms with Gasteiger partial charge in [-0.2, -0.15) is 0 Å². The quantitative estimate of drug-likeness (QED) is 0.793. The van der Waals surface area contributed by atoms with Gasteiger partial charge < -0.3 is 10.5 Å². The summed E-state index contributed by atoms with van der Waals surface area (Å²) in [5, 5.41) is 0. The van der Waals surface area contributed by atoms with Crippen molar-refractivity contribution < 1.29 is 4.74 Å². The fourth-order valence-corrected chi connectivity index (χ4v) is 1.50. The van der Waals surface area contributed by atoms with Gasteiger partial charge in [0, 0.05) is 6.61 Å². The molecule has 0 bridgehead atoms. The van der Waals surface area contributed by atoms with E-state index in [9.17, 15) is 0 Å². The number of hydrogen-bond acceptors (Lipinski definition) is 2. The van der Waals surface area contributed by atoms with E-state index in [1.54, 1.807) is 0 Å². The summed E-state index contributed by atoms with van der Waals surface area (Å²) in [6.45, 7) is 10.1. The van der Waals surface area contributed by atoms with Crippen molar-refractivity contribution in [3.63, 3.8) is 0 Å². The van der Waals surface area contributed by atoms with Crippen molar-refractivity contribution in [2.24, 2.45) is 11.1 Å². The van der Waals surface area contributed by atoms with Crippen LogP contribution < -0.4 is 5.73 Å². The third kappa shape index (κ3) is 5.85. The van der Waals surface area contributed by atoms with Crippen LogP contribution in [0.3, 0.4) is 0 Å². The Kier molecular flexibility index (Phi) is 5.16. The first-order valence-corrected chi connectivity index (χ1v) is 6.28. The van der Waals surface area contributed by atoms with Crippen LogP contribution >= 0.6 is 0 Å². The highest BCUT2D eigenvalue weighted by Gasteiger charge is 2.10. The average Bonchev–Trinajstić information content (AvgIpc) is 2.24. The fourth-order valence-electron chi connectivity index (χ4n) is 1.50. The fraction of sp³-hybridized carbons (Fsp3) is 0.600. The highest BCUT2D eigenvalue weighted by Crippen LogP contribution is 2.18. The topological polar surface area (TPSA) is 35.2 Å². The lowest BCUT2D eigenvalue weighted by Gasteiger charge is -2.19. The Morgan fingerprint density at radius 3 is 2.29 bits per heavy atom. The van der Waals surface area contributed by atoms with E-state index in [0.717, 1.165) is 18.6 Å². The Labute approximate surface area is 105 Å². The number of hydrogen-bond donors (Lipinski definition) is 1. The predicted octanol–water partition coefficient (Wildman–Crippen LogP) is 3.45. The van der Waals surface area contributed by atoms with Gasteiger partial charge >= 0.3 is 0 Å². The second-order valence-corrected chi connectivity index (χ2v) is 5.90. The van der Waals surface area contributed by atoms with Crippen LogP contribution in [0.5, 0.6) is 0 Å². The molecule has 0 radical (unpaired) electrons. The molecule has 1 aromatic carbocycles. The van der Waals surface area contributed by atoms with E-state index < -0.39 is 0 Å². The summed E-state index contributed by atoms with van der Waals surface area (Å²) in [6.07, 6.45) is 1.06. The van der Waals surface area contributed by atoms with Gasteiger partial charge in [-0.3, -0.25) is 0 Å². The van der Waals surface area contributed by atoms with Crippen molar-refractivity contribution in [3.05, 3.63) is 35.4 Å². The van der Waals surface area contributed by atoms with E-state index in [-0.39, 0.29) is 6.04 Å². The lowest BCUT2D eigenvalue weighted by atomic mass is 9.93. The third-order valence-electron chi connectivity index (χ3n) is 2.80. The van der Waals surface area contributed by atoms with Crippen LogP contribution in [0.25, 0.3) is 0 Å². The molecule has 0 aliphatic rings. The molecule has 1 aromatic rings. The second-order valence-electron chi connectivity index (χ2n) is 5.90. The van der Waals surface area contributed by atoms with Crippen molar-refractivity contribution >= 4 is 0 Å². The number of rotatable bonds is 5. The summed E-state index contributed by atoms with van der Waals surface area (Å²) in [7, 11) is 0. The van der Waals surface area contributed by atoms with Crippen molar-refractivity contribution in [1.82, 2.24) is 0 Å². The average molecular weight is 235 g/mol. The van der Waals surface area contributed by atoms with E-state index in [1.807, 2.05) is 0 Å². The van der Waals surface area contributed by atoms with Gasteiger partial charge in [0.15, 0.2) is 0 Å². The van der Waals surface area contributed by atoms with Crippen LogP contribution in [0.1, 0.15) is 44.4 Å². The smallest absolute Gasteiger partial charge is 0.0659 e. The Bertz CT molecular complexity index is 324. The summed E-state index contributed by atoms with van der Waals surface area (Å²) in [4.78, 5) is 0. The van der Waals surface area contributed by atoms with Crippen LogP contribution in [-0.4, -0.2) is 13.2 Å². The Morgan fingerprint density at radius 2 is 1.76 bits per heavy atom. The minimum absolute atomic E-state index is 0.0180. The molecule has 0 saturated heterocycles. The van der Waals surface area contributed by atoms with Gasteiger partial charge in [0.05, 0.1) is 12.6 Å². The molecule has 96 valence electrons. The van der Waals surface area contributed by atoms with Crippen molar-refractivity contribution in [2.75, 3.05) is 13.2 Å². The molecule has 0 spiro atoms. The first-order valence-electron chi connectivity index (χ1n) is 6.28. The van der Waals surface area contributed by atoms with Gasteiger partial charge in [-0.15, -0.1) is 0 Å². The standard InChI is InChI=1S/C15H25NO/c1-12-5-7-13(8-6-12)14(16)11-17-10-9-15(2,3)4/h5-8,14H,9-11,16H2,1-4H3. The maximum absolute atomic E-state index is 6.07. The summed E-state index contributed by atoms with van der Waals surface area (Å²) < 4.78 is 5.63. The molecule has 2 nitrogen and oxygen atoms in total. The van der Waals surface area contributed by atoms with Crippen molar-refractivity contribution in [3.8, 4) is 0 Å². The molecule has 2 N–H and O–H groups in total. The van der Waals surface area contributed by atoms with Crippen LogP contribution in [0, 0.1) is 12.3 Å². The summed E-state index contributed by atoms with van der Waals surface area (Å²) >= 11 is 0. The number of nitrogens with two attached hydrogens (primary N) is 1. The van der Waals surface area contributed by atoms with Gasteiger partial charge in [-0.05, 0) is 24.3 Å². The molecule has 1 atom stereocenters. The molecular weight excluding hydrogens is 210 g/mol. The zero-order chi connectivity index (χ0) is 12.9. The van der Waals surface area contributed by atoms with Crippen molar-refractivity contribution in [2.45, 2.75) is 40.2 Å². The largest absolute Gasteiger partial charge is 0.379 e. The molecular formula is C15H25NO. The highest BCUT2D eigenvalue weighted by atomic mass is 16.5. The van der Waals surface area contributed by atoms with Gasteiger partial charge in [0.1, 0.15) is 0 Å². The molecule has 2 heteroatoms. The first-order chi connectivity index (χ1) is 7.88. The van der Waals surface area contributed by atoms with Gasteiger partial charge in [0.25, 0.3) is 0 Å². The molecule has 0 aliphatic heterocycles. The van der Waals surface area contributed by atoms with E-state index in [0.29, 0.717) is 12.0 Å². The minimum Gasteiger partial charge on any atom is -0.379 e. The van der Waals surface area contributed by atoms with Gasteiger partial charge in [-0.1, -0.05) is 50.6 Å². The monoisotopic (exact) mass is 235 g/mol.